The third-order valence-corrected chi connectivity index (χ3v) is 4.11. The molecule has 1 aliphatic carbocycles. The molecule has 112 valence electrons. The Morgan fingerprint density at radius 3 is 2.86 bits per heavy atom. The van der Waals surface area contributed by atoms with Crippen LogP contribution >= 0.6 is 0 Å². The zero-order valence-electron chi connectivity index (χ0n) is 12.0. The van der Waals surface area contributed by atoms with Crippen molar-refractivity contribution in [2.75, 3.05) is 6.61 Å². The number of benzene rings is 1. The Bertz CT molecular complexity index is 580. The first-order valence-electron chi connectivity index (χ1n) is 7.35. The highest BCUT2D eigenvalue weighted by molar-refractivity contribution is 5.85. The summed E-state index contributed by atoms with van der Waals surface area (Å²) >= 11 is 0. The largest absolute Gasteiger partial charge is 0.493 e. The Morgan fingerprint density at radius 2 is 2.19 bits per heavy atom. The number of carbonyl (C=O) groups excluding carboxylic acids is 1. The second-order valence-corrected chi connectivity index (χ2v) is 5.76. The first kappa shape index (κ1) is 13.9. The first-order valence-corrected chi connectivity index (χ1v) is 7.35. The summed E-state index contributed by atoms with van der Waals surface area (Å²) in [5.41, 5.74) is 2.05. The zero-order valence-corrected chi connectivity index (χ0v) is 12.0. The highest BCUT2D eigenvalue weighted by Crippen LogP contribution is 2.30. The fraction of sp³-hybridized carbons (Fsp3) is 0.500. The maximum absolute atomic E-state index is 12.5. The van der Waals surface area contributed by atoms with Crippen molar-refractivity contribution in [2.24, 2.45) is 0 Å². The van der Waals surface area contributed by atoms with Gasteiger partial charge < -0.3 is 14.7 Å². The van der Waals surface area contributed by atoms with Gasteiger partial charge in [-0.1, -0.05) is 12.1 Å². The van der Waals surface area contributed by atoms with Crippen LogP contribution in [0, 0.1) is 0 Å². The molecule has 1 heterocycles. The van der Waals surface area contributed by atoms with Crippen LogP contribution in [0.2, 0.25) is 0 Å². The number of amides is 1. The number of hydrogen-bond donors (Lipinski definition) is 1. The summed E-state index contributed by atoms with van der Waals surface area (Å²) in [5, 5.41) is 9.16. The van der Waals surface area contributed by atoms with E-state index in [1.165, 1.54) is 4.90 Å². The summed E-state index contributed by atoms with van der Waals surface area (Å²) in [6.45, 7) is 2.27. The van der Waals surface area contributed by atoms with Crippen molar-refractivity contribution in [3.63, 3.8) is 0 Å². The van der Waals surface area contributed by atoms with E-state index in [0.717, 1.165) is 36.1 Å². The molecule has 1 aromatic carbocycles. The third kappa shape index (κ3) is 2.86. The third-order valence-electron chi connectivity index (χ3n) is 4.11. The second-order valence-electron chi connectivity index (χ2n) is 5.76. The lowest BCUT2D eigenvalue weighted by Crippen LogP contribution is -2.45. The van der Waals surface area contributed by atoms with Crippen LogP contribution in [0.5, 0.6) is 5.75 Å². The molecule has 1 aliphatic heterocycles. The molecule has 1 atom stereocenters. The molecule has 5 nitrogen and oxygen atoms in total. The average molecular weight is 289 g/mol. The number of ether oxygens (including phenoxy) is 1. The van der Waals surface area contributed by atoms with Crippen LogP contribution in [0.25, 0.3) is 0 Å². The van der Waals surface area contributed by atoms with Crippen LogP contribution in [0.1, 0.15) is 30.9 Å². The first-order chi connectivity index (χ1) is 10.1. The van der Waals surface area contributed by atoms with E-state index in [1.807, 2.05) is 18.2 Å². The molecule has 0 bridgehead atoms. The fourth-order valence-electron chi connectivity index (χ4n) is 2.82. The monoisotopic (exact) mass is 289 g/mol. The molecule has 1 saturated carbocycles. The van der Waals surface area contributed by atoms with E-state index in [1.54, 1.807) is 6.92 Å². The van der Waals surface area contributed by atoms with Crippen molar-refractivity contribution in [2.45, 2.75) is 44.7 Å². The molecule has 1 fully saturated rings. The highest BCUT2D eigenvalue weighted by atomic mass is 16.5. The molecule has 21 heavy (non-hydrogen) atoms. The van der Waals surface area contributed by atoms with Crippen LogP contribution in [0.3, 0.4) is 0 Å². The number of carbonyl (C=O) groups is 2. The molecule has 0 aromatic heterocycles. The summed E-state index contributed by atoms with van der Waals surface area (Å²) < 4.78 is 5.45. The minimum absolute atomic E-state index is 0.0985. The van der Waals surface area contributed by atoms with Crippen LogP contribution in [-0.4, -0.2) is 40.6 Å². The number of nitrogens with zero attached hydrogens (tertiary/aromatic N) is 1. The number of carboxylic acid groups (broad SMARTS) is 1. The molecule has 5 heteroatoms. The van der Waals surface area contributed by atoms with Gasteiger partial charge in [-0.2, -0.15) is 0 Å². The number of rotatable bonds is 5. The van der Waals surface area contributed by atoms with Gasteiger partial charge in [-0.25, -0.2) is 4.79 Å². The van der Waals surface area contributed by atoms with E-state index >= 15 is 0 Å². The molecule has 3 rings (SSSR count). The van der Waals surface area contributed by atoms with Crippen LogP contribution < -0.4 is 4.74 Å². The molecule has 0 radical (unpaired) electrons. The van der Waals surface area contributed by atoms with Gasteiger partial charge in [0, 0.05) is 12.5 Å². The van der Waals surface area contributed by atoms with Gasteiger partial charge in [0.1, 0.15) is 11.8 Å². The molecule has 2 aliphatic rings. The molecular weight excluding hydrogens is 270 g/mol. The van der Waals surface area contributed by atoms with Crippen molar-refractivity contribution in [3.8, 4) is 5.75 Å². The Kier molecular flexibility index (Phi) is 3.57. The van der Waals surface area contributed by atoms with Gasteiger partial charge in [0.25, 0.3) is 0 Å². The van der Waals surface area contributed by atoms with Crippen molar-refractivity contribution in [1.82, 2.24) is 4.90 Å². The number of hydrogen-bond acceptors (Lipinski definition) is 3. The van der Waals surface area contributed by atoms with Gasteiger partial charge >= 0.3 is 5.97 Å². The predicted octanol–water partition coefficient (Wildman–Crippen LogP) is 1.63. The SMILES string of the molecule is CC(C(=O)O)N(C(=O)Cc1ccc2c(c1)CCO2)C1CC1. The minimum atomic E-state index is -0.947. The molecular formula is C16H19NO4. The van der Waals surface area contributed by atoms with Gasteiger partial charge in [-0.05, 0) is 37.0 Å². The van der Waals surface area contributed by atoms with Crippen molar-refractivity contribution < 1.29 is 19.4 Å². The Balaban J connectivity index is 1.73. The normalized spacial score (nSPS) is 17.8. The Labute approximate surface area is 123 Å². The number of fused-ring (bicyclic) bond motifs is 1. The predicted molar refractivity (Wildman–Crippen MR) is 76.3 cm³/mol. The van der Waals surface area contributed by atoms with Crippen LogP contribution in [-0.2, 0) is 22.4 Å². The molecule has 1 amide bonds. The fourth-order valence-corrected chi connectivity index (χ4v) is 2.82. The molecule has 1 aromatic rings. The van der Waals surface area contributed by atoms with E-state index in [0.29, 0.717) is 6.61 Å². The zero-order chi connectivity index (χ0) is 15.0. The average Bonchev–Trinajstić information content (AvgIpc) is 3.15. The molecule has 0 saturated heterocycles. The minimum Gasteiger partial charge on any atom is -0.493 e. The highest BCUT2D eigenvalue weighted by Gasteiger charge is 2.38. The topological polar surface area (TPSA) is 66.8 Å². The van der Waals surface area contributed by atoms with Gasteiger partial charge in [0.05, 0.1) is 13.0 Å². The maximum Gasteiger partial charge on any atom is 0.326 e. The number of aliphatic carboxylic acids is 1. The lowest BCUT2D eigenvalue weighted by Gasteiger charge is -2.26. The smallest absolute Gasteiger partial charge is 0.326 e. The Morgan fingerprint density at radius 1 is 1.43 bits per heavy atom. The van der Waals surface area contributed by atoms with Crippen molar-refractivity contribution in [1.29, 1.82) is 0 Å². The summed E-state index contributed by atoms with van der Waals surface area (Å²) in [5.74, 6) is -0.159. The van der Waals surface area contributed by atoms with Gasteiger partial charge in [-0.3, -0.25) is 4.79 Å². The standard InChI is InChI=1S/C16H19NO4/c1-10(16(19)20)17(13-3-4-13)15(18)9-11-2-5-14-12(8-11)6-7-21-14/h2,5,8,10,13H,3-4,6-7,9H2,1H3,(H,19,20). The van der Waals surface area contributed by atoms with Crippen LogP contribution in [0.4, 0.5) is 0 Å². The van der Waals surface area contributed by atoms with Crippen molar-refractivity contribution >= 4 is 11.9 Å². The van der Waals surface area contributed by atoms with Gasteiger partial charge in [0.15, 0.2) is 0 Å². The van der Waals surface area contributed by atoms with E-state index < -0.39 is 12.0 Å². The van der Waals surface area contributed by atoms with Gasteiger partial charge in [-0.15, -0.1) is 0 Å². The molecule has 0 spiro atoms. The number of carboxylic acids is 1. The van der Waals surface area contributed by atoms with E-state index in [-0.39, 0.29) is 18.4 Å². The van der Waals surface area contributed by atoms with E-state index in [4.69, 9.17) is 9.84 Å². The van der Waals surface area contributed by atoms with Crippen molar-refractivity contribution in [3.05, 3.63) is 29.3 Å². The molecule has 1 unspecified atom stereocenters. The summed E-state index contributed by atoms with van der Waals surface area (Å²) in [6, 6.07) is 5.12. The summed E-state index contributed by atoms with van der Waals surface area (Å²) in [7, 11) is 0. The molecule has 1 N–H and O–H groups in total. The Hall–Kier alpha value is -2.04. The van der Waals surface area contributed by atoms with E-state index in [2.05, 4.69) is 0 Å². The lowest BCUT2D eigenvalue weighted by molar-refractivity contribution is -0.149. The van der Waals surface area contributed by atoms with Crippen LogP contribution in [0.15, 0.2) is 18.2 Å². The second kappa shape index (κ2) is 5.39. The summed E-state index contributed by atoms with van der Waals surface area (Å²) in [4.78, 5) is 25.2. The lowest BCUT2D eigenvalue weighted by atomic mass is 10.1. The maximum atomic E-state index is 12.5. The quantitative estimate of drug-likeness (QED) is 0.894. The van der Waals surface area contributed by atoms with Gasteiger partial charge in [0.2, 0.25) is 5.91 Å². The van der Waals surface area contributed by atoms with E-state index in [9.17, 15) is 9.59 Å². The summed E-state index contributed by atoms with van der Waals surface area (Å²) in [6.07, 6.45) is 2.93.